The Morgan fingerprint density at radius 2 is 2.22 bits per heavy atom. The second-order valence-corrected chi connectivity index (χ2v) is 7.21. The van der Waals surface area contributed by atoms with E-state index in [4.69, 9.17) is 10.6 Å². The van der Waals surface area contributed by atoms with E-state index in [0.29, 0.717) is 5.56 Å². The van der Waals surface area contributed by atoms with Crippen molar-refractivity contribution in [1.29, 1.82) is 0 Å². The van der Waals surface area contributed by atoms with Crippen LogP contribution in [0.5, 0.6) is 0 Å². The molecule has 6 nitrogen and oxygen atoms in total. The predicted molar refractivity (Wildman–Crippen MR) is 81.9 cm³/mol. The minimum absolute atomic E-state index is 0.111. The van der Waals surface area contributed by atoms with Gasteiger partial charge in [0.05, 0.1) is 15.0 Å². The van der Waals surface area contributed by atoms with Gasteiger partial charge >= 0.3 is 6.18 Å². The third kappa shape index (κ3) is 5.55. The average molecular weight is 350 g/mol. The van der Waals surface area contributed by atoms with Gasteiger partial charge in [-0.25, -0.2) is 4.21 Å². The second-order valence-electron chi connectivity index (χ2n) is 4.60. The van der Waals surface area contributed by atoms with E-state index in [0.717, 1.165) is 12.3 Å². The summed E-state index contributed by atoms with van der Waals surface area (Å²) in [7, 11) is -2.91. The van der Waals surface area contributed by atoms with Gasteiger partial charge < -0.3 is 10.6 Å². The lowest BCUT2D eigenvalue weighted by Gasteiger charge is -2.14. The highest BCUT2D eigenvalue weighted by molar-refractivity contribution is 7.93. The highest BCUT2D eigenvalue weighted by atomic mass is 32.2. The smallest absolute Gasteiger partial charge is 0.389 e. The van der Waals surface area contributed by atoms with Crippen LogP contribution in [0.15, 0.2) is 40.5 Å². The number of halogens is 3. The Morgan fingerprint density at radius 1 is 1.57 bits per heavy atom. The summed E-state index contributed by atoms with van der Waals surface area (Å²) in [4.78, 5) is 8.05. The number of rotatable bonds is 5. The normalized spacial score (nSPS) is 16.3. The maximum absolute atomic E-state index is 12.6. The van der Waals surface area contributed by atoms with Crippen molar-refractivity contribution >= 4 is 15.7 Å². The van der Waals surface area contributed by atoms with E-state index in [2.05, 4.69) is 21.1 Å². The molecule has 0 spiro atoms. The van der Waals surface area contributed by atoms with Crippen molar-refractivity contribution in [2.24, 2.45) is 15.3 Å². The first kappa shape index (κ1) is 18.9. The first-order valence-electron chi connectivity index (χ1n) is 6.38. The maximum atomic E-state index is 12.6. The lowest BCUT2D eigenvalue weighted by molar-refractivity contribution is -0.141. The number of oxime groups is 1. The van der Waals surface area contributed by atoms with Gasteiger partial charge in [-0.15, -0.1) is 0 Å². The molecular weight excluding hydrogens is 333 g/mol. The zero-order chi connectivity index (χ0) is 17.7. The largest absolute Gasteiger partial charge is 0.433 e. The van der Waals surface area contributed by atoms with Crippen molar-refractivity contribution in [3.8, 4) is 0 Å². The summed E-state index contributed by atoms with van der Waals surface area (Å²) in [6.45, 7) is 5.08. The quantitative estimate of drug-likeness (QED) is 0.291. The van der Waals surface area contributed by atoms with Gasteiger partial charge in [-0.1, -0.05) is 18.7 Å². The molecule has 0 aromatic carbocycles. The van der Waals surface area contributed by atoms with Crippen LogP contribution in [0, 0.1) is 0 Å². The molecule has 1 heterocycles. The fraction of sp³-hybridized carbons (Fsp3) is 0.385. The zero-order valence-electron chi connectivity index (χ0n) is 12.6. The van der Waals surface area contributed by atoms with Crippen LogP contribution in [0.1, 0.15) is 23.4 Å². The number of hydrogen-bond acceptors (Lipinski definition) is 4. The summed E-state index contributed by atoms with van der Waals surface area (Å²) in [5.74, 6) is -0.328. The fourth-order valence-electron chi connectivity index (χ4n) is 1.50. The van der Waals surface area contributed by atoms with Gasteiger partial charge in [-0.05, 0) is 23.7 Å². The molecule has 1 aromatic rings. The molecule has 2 N–H and O–H groups in total. The average Bonchev–Trinajstić information content (AvgIpc) is 2.45. The topological polar surface area (TPSA) is 89.9 Å². The van der Waals surface area contributed by atoms with Crippen LogP contribution < -0.4 is 5.73 Å². The molecule has 0 radical (unpaired) electrons. The Kier molecular flexibility index (Phi) is 6.13. The molecule has 0 bridgehead atoms. The van der Waals surface area contributed by atoms with Gasteiger partial charge in [0.25, 0.3) is 5.96 Å². The van der Waals surface area contributed by atoms with Gasteiger partial charge in [0.15, 0.2) is 0 Å². The summed E-state index contributed by atoms with van der Waals surface area (Å²) in [6, 6.07) is 2.03. The van der Waals surface area contributed by atoms with Crippen molar-refractivity contribution in [2.45, 2.75) is 18.3 Å². The van der Waals surface area contributed by atoms with Crippen molar-refractivity contribution in [1.82, 2.24) is 4.98 Å². The lowest BCUT2D eigenvalue weighted by atomic mass is 10.2. The van der Waals surface area contributed by atoms with Gasteiger partial charge in [-0.3, -0.25) is 4.98 Å². The zero-order valence-corrected chi connectivity index (χ0v) is 13.4. The molecule has 0 amide bonds. The molecule has 10 heteroatoms. The Morgan fingerprint density at radius 3 is 2.70 bits per heavy atom. The summed E-state index contributed by atoms with van der Waals surface area (Å²) in [6.07, 6.45) is -0.741. The van der Waals surface area contributed by atoms with E-state index < -0.39 is 26.8 Å². The van der Waals surface area contributed by atoms with Crippen LogP contribution in [0.3, 0.4) is 0 Å². The molecule has 2 atom stereocenters. The van der Waals surface area contributed by atoms with E-state index >= 15 is 0 Å². The molecule has 0 saturated carbocycles. The number of nitrogens with zero attached hydrogens (tertiary/aromatic N) is 3. The van der Waals surface area contributed by atoms with E-state index in [1.807, 2.05) is 0 Å². The number of nitrogens with two attached hydrogens (primary N) is 1. The molecule has 2 unspecified atom stereocenters. The van der Waals surface area contributed by atoms with Gasteiger partial charge in [0.1, 0.15) is 12.3 Å². The monoisotopic (exact) mass is 350 g/mol. The molecule has 0 aliphatic carbocycles. The first-order chi connectivity index (χ1) is 10.6. The lowest BCUT2D eigenvalue weighted by Crippen LogP contribution is -2.16. The number of pyridine rings is 1. The Bertz CT molecular complexity index is 692. The third-order valence-electron chi connectivity index (χ3n) is 2.83. The maximum Gasteiger partial charge on any atom is 0.433 e. The van der Waals surface area contributed by atoms with Crippen molar-refractivity contribution in [3.63, 3.8) is 0 Å². The molecule has 23 heavy (non-hydrogen) atoms. The van der Waals surface area contributed by atoms with Crippen LogP contribution in [-0.2, 0) is 20.7 Å². The van der Waals surface area contributed by atoms with Crippen LogP contribution in [0.25, 0.3) is 0 Å². The molecular formula is C13H17F3N4O2S. The molecule has 1 aromatic heterocycles. The number of aromatic nitrogens is 1. The molecule has 0 fully saturated rings. The van der Waals surface area contributed by atoms with Gasteiger partial charge in [-0.2, -0.15) is 17.5 Å². The minimum Gasteiger partial charge on any atom is -0.389 e. The summed E-state index contributed by atoms with van der Waals surface area (Å²) < 4.78 is 53.8. The SMILES string of the molecule is C=CCO/N=C(\N)N=S(C)(=O)C(C)c1ccc(C(F)(F)F)nc1. The number of hydrogen-bond donors (Lipinski definition) is 1. The Labute approximate surface area is 132 Å². The second kappa shape index (κ2) is 7.44. The van der Waals surface area contributed by atoms with Crippen LogP contribution >= 0.6 is 0 Å². The summed E-state index contributed by atoms with van der Waals surface area (Å²) in [5, 5.41) is 2.73. The Balaban J connectivity index is 3.02. The molecule has 0 saturated heterocycles. The Hall–Kier alpha value is -2.10. The fourth-order valence-corrected chi connectivity index (χ4v) is 2.71. The van der Waals surface area contributed by atoms with Crippen LogP contribution in [-0.4, -0.2) is 28.0 Å². The van der Waals surface area contributed by atoms with Crippen LogP contribution in [0.2, 0.25) is 0 Å². The number of alkyl halides is 3. The summed E-state index contributed by atoms with van der Waals surface area (Å²) in [5.41, 5.74) is 4.80. The van der Waals surface area contributed by atoms with Crippen molar-refractivity contribution < 1.29 is 22.2 Å². The van der Waals surface area contributed by atoms with Crippen molar-refractivity contribution in [2.75, 3.05) is 12.9 Å². The highest BCUT2D eigenvalue weighted by Gasteiger charge is 2.32. The molecule has 0 aliphatic rings. The minimum atomic E-state index is -4.53. The number of guanidine groups is 1. The van der Waals surface area contributed by atoms with E-state index in [-0.39, 0.29) is 12.6 Å². The third-order valence-corrected chi connectivity index (χ3v) is 4.96. The van der Waals surface area contributed by atoms with E-state index in [1.165, 1.54) is 18.4 Å². The molecule has 0 aliphatic heterocycles. The predicted octanol–water partition coefficient (Wildman–Crippen LogP) is 2.69. The standard InChI is InChI=1S/C13H17F3N4O2S/c1-4-7-22-19-12(17)20-23(3,21)9(2)10-5-6-11(18-8-10)13(14,15)16/h4-6,8-9H,1,7H2,2-3H3,(H2,17,19). The molecule has 1 rings (SSSR count). The highest BCUT2D eigenvalue weighted by Crippen LogP contribution is 2.29. The van der Waals surface area contributed by atoms with E-state index in [9.17, 15) is 17.4 Å². The first-order valence-corrected chi connectivity index (χ1v) is 8.37. The summed E-state index contributed by atoms with van der Waals surface area (Å²) >= 11 is 0. The van der Waals surface area contributed by atoms with E-state index in [1.54, 1.807) is 6.92 Å². The van der Waals surface area contributed by atoms with Crippen molar-refractivity contribution in [3.05, 3.63) is 42.2 Å². The van der Waals surface area contributed by atoms with Crippen LogP contribution in [0.4, 0.5) is 13.2 Å². The molecule has 128 valence electrons. The van der Waals surface area contributed by atoms with Gasteiger partial charge in [0, 0.05) is 12.5 Å². The van der Waals surface area contributed by atoms with Gasteiger partial charge in [0.2, 0.25) is 0 Å².